The topological polar surface area (TPSA) is 128 Å². The third-order valence-electron chi connectivity index (χ3n) is 2.55. The lowest BCUT2D eigenvalue weighted by molar-refractivity contribution is -0.140. The van der Waals surface area contributed by atoms with E-state index in [0.717, 1.165) is 19.5 Å². The van der Waals surface area contributed by atoms with Crippen molar-refractivity contribution in [2.45, 2.75) is 38.6 Å². The second kappa shape index (κ2) is 11.0. The molecule has 0 spiro atoms. The molecular formula is C12H23N3O5. The molecule has 0 bridgehead atoms. The van der Waals surface area contributed by atoms with E-state index in [1.165, 1.54) is 0 Å². The molecule has 0 aliphatic carbocycles. The summed E-state index contributed by atoms with van der Waals surface area (Å²) < 4.78 is 0. The van der Waals surface area contributed by atoms with Gasteiger partial charge in [0.1, 0.15) is 6.04 Å². The van der Waals surface area contributed by atoms with E-state index < -0.39 is 24.0 Å². The van der Waals surface area contributed by atoms with Crippen LogP contribution in [0.4, 0.5) is 4.79 Å². The lowest BCUT2D eigenvalue weighted by Gasteiger charge is -2.14. The number of carbonyl (C=O) groups excluding carboxylic acids is 1. The molecule has 0 aromatic carbocycles. The molecule has 20 heavy (non-hydrogen) atoms. The van der Waals surface area contributed by atoms with Gasteiger partial charge in [-0.25, -0.2) is 9.59 Å². The Hall–Kier alpha value is -1.83. The standard InChI is InChI=1S/C12H23N3O5/c1-2-13-7-4-8-14-12(20)15-9(11(18)19)5-3-6-10(16)17/h9,13H,2-8H2,1H3,(H,16,17)(H,18,19)(H2,14,15,20)/t9-/m1/s1. The molecule has 8 nitrogen and oxygen atoms in total. The normalized spacial score (nSPS) is 11.7. The van der Waals surface area contributed by atoms with Gasteiger partial charge >= 0.3 is 18.0 Å². The molecule has 0 saturated heterocycles. The zero-order valence-electron chi connectivity index (χ0n) is 11.6. The molecule has 8 heteroatoms. The number of urea groups is 1. The van der Waals surface area contributed by atoms with Crippen molar-refractivity contribution in [2.24, 2.45) is 0 Å². The van der Waals surface area contributed by atoms with E-state index >= 15 is 0 Å². The predicted octanol–water partition coefficient (Wildman–Crippen LogP) is -0.00670. The van der Waals surface area contributed by atoms with Gasteiger partial charge in [-0.15, -0.1) is 0 Å². The van der Waals surface area contributed by atoms with Gasteiger partial charge in [-0.2, -0.15) is 0 Å². The first-order valence-corrected chi connectivity index (χ1v) is 6.67. The molecule has 0 saturated carbocycles. The van der Waals surface area contributed by atoms with E-state index in [1.54, 1.807) is 0 Å². The average Bonchev–Trinajstić information content (AvgIpc) is 2.36. The largest absolute Gasteiger partial charge is 0.481 e. The van der Waals surface area contributed by atoms with Gasteiger partial charge in [0.25, 0.3) is 0 Å². The van der Waals surface area contributed by atoms with Crippen LogP contribution in [0.3, 0.4) is 0 Å². The monoisotopic (exact) mass is 289 g/mol. The van der Waals surface area contributed by atoms with Crippen molar-refractivity contribution in [3.8, 4) is 0 Å². The molecule has 2 amide bonds. The minimum Gasteiger partial charge on any atom is -0.481 e. The van der Waals surface area contributed by atoms with Crippen LogP contribution in [0.1, 0.15) is 32.6 Å². The van der Waals surface area contributed by atoms with Crippen molar-refractivity contribution in [1.29, 1.82) is 0 Å². The van der Waals surface area contributed by atoms with E-state index in [4.69, 9.17) is 10.2 Å². The van der Waals surface area contributed by atoms with Gasteiger partial charge in [0.2, 0.25) is 0 Å². The number of carboxylic acid groups (broad SMARTS) is 2. The van der Waals surface area contributed by atoms with Crippen LogP contribution in [0.5, 0.6) is 0 Å². The van der Waals surface area contributed by atoms with Crippen LogP contribution >= 0.6 is 0 Å². The first-order valence-electron chi connectivity index (χ1n) is 6.67. The minimum atomic E-state index is -1.17. The summed E-state index contributed by atoms with van der Waals surface area (Å²) in [6.07, 6.45) is 0.924. The molecule has 1 atom stereocenters. The summed E-state index contributed by atoms with van der Waals surface area (Å²) in [5.41, 5.74) is 0. The smallest absolute Gasteiger partial charge is 0.326 e. The minimum absolute atomic E-state index is 0.0897. The van der Waals surface area contributed by atoms with Gasteiger partial charge in [0.05, 0.1) is 0 Å². The molecule has 0 fully saturated rings. The van der Waals surface area contributed by atoms with E-state index in [0.29, 0.717) is 6.54 Å². The highest BCUT2D eigenvalue weighted by Crippen LogP contribution is 2.01. The summed E-state index contributed by atoms with van der Waals surface area (Å²) in [5.74, 6) is -2.15. The Morgan fingerprint density at radius 2 is 1.80 bits per heavy atom. The summed E-state index contributed by atoms with van der Waals surface area (Å²) in [4.78, 5) is 32.7. The van der Waals surface area contributed by atoms with Crippen LogP contribution in [0.15, 0.2) is 0 Å². The second-order valence-electron chi connectivity index (χ2n) is 4.28. The van der Waals surface area contributed by atoms with Crippen molar-refractivity contribution < 1.29 is 24.6 Å². The summed E-state index contributed by atoms with van der Waals surface area (Å²) in [7, 11) is 0. The van der Waals surface area contributed by atoms with Crippen molar-refractivity contribution >= 4 is 18.0 Å². The van der Waals surface area contributed by atoms with Crippen LogP contribution in [-0.2, 0) is 9.59 Å². The summed E-state index contributed by atoms with van der Waals surface area (Å²) in [5, 5.41) is 25.4. The van der Waals surface area contributed by atoms with Crippen LogP contribution in [0.25, 0.3) is 0 Å². The lowest BCUT2D eigenvalue weighted by Crippen LogP contribution is -2.46. The summed E-state index contributed by atoms with van der Waals surface area (Å²) in [6.45, 7) is 4.06. The Bertz CT molecular complexity index is 322. The van der Waals surface area contributed by atoms with Gasteiger partial charge in [0, 0.05) is 13.0 Å². The van der Waals surface area contributed by atoms with Gasteiger partial charge in [-0.3, -0.25) is 4.79 Å². The Balaban J connectivity index is 3.89. The molecule has 0 aliphatic rings. The van der Waals surface area contributed by atoms with Gasteiger partial charge < -0.3 is 26.2 Å². The first-order chi connectivity index (χ1) is 9.47. The van der Waals surface area contributed by atoms with Crippen LogP contribution in [0.2, 0.25) is 0 Å². The predicted molar refractivity (Wildman–Crippen MR) is 72.6 cm³/mol. The molecule has 0 aromatic rings. The molecular weight excluding hydrogens is 266 g/mol. The number of nitrogens with one attached hydrogen (secondary N) is 3. The molecule has 0 heterocycles. The number of hydrogen-bond donors (Lipinski definition) is 5. The fourth-order valence-electron chi connectivity index (χ4n) is 1.52. The Labute approximate surface area is 117 Å². The van der Waals surface area contributed by atoms with E-state index in [2.05, 4.69) is 16.0 Å². The van der Waals surface area contributed by atoms with Gasteiger partial charge in [0.15, 0.2) is 0 Å². The zero-order valence-corrected chi connectivity index (χ0v) is 11.6. The number of hydrogen-bond acceptors (Lipinski definition) is 4. The molecule has 0 rings (SSSR count). The Morgan fingerprint density at radius 3 is 2.35 bits per heavy atom. The highest BCUT2D eigenvalue weighted by atomic mass is 16.4. The summed E-state index contributed by atoms with van der Waals surface area (Å²) in [6, 6.07) is -1.62. The third-order valence-corrected chi connectivity index (χ3v) is 2.55. The first kappa shape index (κ1) is 18.2. The zero-order chi connectivity index (χ0) is 15.4. The fraction of sp³-hybridized carbons (Fsp3) is 0.750. The SMILES string of the molecule is CCNCCCNC(=O)N[C@H](CCCC(=O)O)C(=O)O. The quantitative estimate of drug-likeness (QED) is 0.340. The fourth-order valence-corrected chi connectivity index (χ4v) is 1.52. The number of rotatable bonds is 11. The average molecular weight is 289 g/mol. The third kappa shape index (κ3) is 10.1. The van der Waals surface area contributed by atoms with Crippen molar-refractivity contribution in [3.63, 3.8) is 0 Å². The molecule has 5 N–H and O–H groups in total. The van der Waals surface area contributed by atoms with Gasteiger partial charge in [-0.05, 0) is 32.4 Å². The van der Waals surface area contributed by atoms with E-state index in [-0.39, 0.29) is 19.3 Å². The summed E-state index contributed by atoms with van der Waals surface area (Å²) >= 11 is 0. The second-order valence-corrected chi connectivity index (χ2v) is 4.28. The molecule has 116 valence electrons. The van der Waals surface area contributed by atoms with Gasteiger partial charge in [-0.1, -0.05) is 6.92 Å². The number of amides is 2. The maximum Gasteiger partial charge on any atom is 0.326 e. The Kier molecular flexibility index (Phi) is 10.0. The van der Waals surface area contributed by atoms with Crippen LogP contribution in [-0.4, -0.2) is 53.9 Å². The van der Waals surface area contributed by atoms with Crippen LogP contribution in [0, 0.1) is 0 Å². The van der Waals surface area contributed by atoms with Crippen LogP contribution < -0.4 is 16.0 Å². The maximum atomic E-state index is 11.5. The molecule has 0 aliphatic heterocycles. The molecule has 0 radical (unpaired) electrons. The van der Waals surface area contributed by atoms with E-state index in [9.17, 15) is 14.4 Å². The number of carboxylic acids is 2. The molecule has 0 aromatic heterocycles. The van der Waals surface area contributed by atoms with Crippen molar-refractivity contribution in [3.05, 3.63) is 0 Å². The molecule has 0 unspecified atom stereocenters. The lowest BCUT2D eigenvalue weighted by atomic mass is 10.1. The van der Waals surface area contributed by atoms with Crippen molar-refractivity contribution in [2.75, 3.05) is 19.6 Å². The van der Waals surface area contributed by atoms with E-state index in [1.807, 2.05) is 6.92 Å². The highest BCUT2D eigenvalue weighted by Gasteiger charge is 2.19. The highest BCUT2D eigenvalue weighted by molar-refractivity contribution is 5.82. The van der Waals surface area contributed by atoms with Crippen molar-refractivity contribution in [1.82, 2.24) is 16.0 Å². The number of carbonyl (C=O) groups is 3. The Morgan fingerprint density at radius 1 is 1.10 bits per heavy atom. The number of aliphatic carboxylic acids is 2. The maximum absolute atomic E-state index is 11.5.